The molecule has 1 amide bonds. The number of aromatic nitrogens is 4. The smallest absolute Gasteiger partial charge is 0.295 e. The van der Waals surface area contributed by atoms with Gasteiger partial charge in [-0.1, -0.05) is 0 Å². The first-order chi connectivity index (χ1) is 12.4. The number of benzene rings is 1. The van der Waals surface area contributed by atoms with Gasteiger partial charge in [0, 0.05) is 35.3 Å². The van der Waals surface area contributed by atoms with Crippen molar-refractivity contribution in [1.82, 2.24) is 19.6 Å². The van der Waals surface area contributed by atoms with Crippen LogP contribution in [0.2, 0.25) is 0 Å². The van der Waals surface area contributed by atoms with Crippen molar-refractivity contribution in [2.75, 3.05) is 16.8 Å². The van der Waals surface area contributed by atoms with Crippen LogP contribution in [0.4, 0.5) is 11.4 Å². The number of rotatable bonds is 5. The Morgan fingerprint density at radius 1 is 1.19 bits per heavy atom. The van der Waals surface area contributed by atoms with E-state index in [1.54, 1.807) is 4.52 Å². The first-order valence-electron chi connectivity index (χ1n) is 8.78. The lowest BCUT2D eigenvalue weighted by Gasteiger charge is -2.27. The van der Waals surface area contributed by atoms with E-state index in [1.165, 1.54) is 0 Å². The van der Waals surface area contributed by atoms with E-state index in [4.69, 9.17) is 0 Å². The number of anilines is 2. The summed E-state index contributed by atoms with van der Waals surface area (Å²) < 4.78 is 1.58. The maximum Gasteiger partial charge on any atom is 0.295 e. The van der Waals surface area contributed by atoms with E-state index in [-0.39, 0.29) is 11.7 Å². The molecule has 7 heteroatoms. The van der Waals surface area contributed by atoms with Gasteiger partial charge in [0.1, 0.15) is 0 Å². The molecule has 0 aliphatic carbocycles. The normalized spacial score (nSPS) is 11.2. The van der Waals surface area contributed by atoms with Crippen molar-refractivity contribution < 1.29 is 4.79 Å². The van der Waals surface area contributed by atoms with Crippen LogP contribution in [0.5, 0.6) is 0 Å². The van der Waals surface area contributed by atoms with Crippen LogP contribution in [0, 0.1) is 13.8 Å². The molecule has 0 aliphatic rings. The SMILES string of the molecule is CCN(c1ccc(NC(=O)c2nc3nc(C)cc(C)n3n2)cc1)C(C)C. The average Bonchev–Trinajstić information content (AvgIpc) is 3.01. The highest BCUT2D eigenvalue weighted by Crippen LogP contribution is 2.20. The topological polar surface area (TPSA) is 75.4 Å². The number of carbonyl (C=O) groups excluding carboxylic acids is 1. The standard InChI is InChI=1S/C19H24N6O/c1-6-24(12(2)3)16-9-7-15(8-10-16)21-18(26)17-22-19-20-13(4)11-14(5)25(19)23-17/h7-12H,6H2,1-5H3,(H,21,26). The molecule has 0 saturated carbocycles. The summed E-state index contributed by atoms with van der Waals surface area (Å²) in [5, 5.41) is 7.10. The second kappa shape index (κ2) is 7.11. The molecule has 1 aromatic carbocycles. The minimum Gasteiger partial charge on any atom is -0.369 e. The summed E-state index contributed by atoms with van der Waals surface area (Å²) >= 11 is 0. The lowest BCUT2D eigenvalue weighted by atomic mass is 10.2. The molecule has 0 fully saturated rings. The molecular formula is C19H24N6O. The van der Waals surface area contributed by atoms with Gasteiger partial charge >= 0.3 is 0 Å². The van der Waals surface area contributed by atoms with Crippen molar-refractivity contribution in [1.29, 1.82) is 0 Å². The number of amides is 1. The molecule has 0 saturated heterocycles. The van der Waals surface area contributed by atoms with Crippen molar-refractivity contribution in [3.63, 3.8) is 0 Å². The zero-order valence-electron chi connectivity index (χ0n) is 15.8. The van der Waals surface area contributed by atoms with Crippen LogP contribution in [-0.2, 0) is 0 Å². The van der Waals surface area contributed by atoms with Gasteiger partial charge in [0.25, 0.3) is 11.7 Å². The van der Waals surface area contributed by atoms with Gasteiger partial charge in [0.2, 0.25) is 5.82 Å². The van der Waals surface area contributed by atoms with Gasteiger partial charge in [-0.2, -0.15) is 4.98 Å². The van der Waals surface area contributed by atoms with Crippen LogP contribution in [0.1, 0.15) is 42.8 Å². The Balaban J connectivity index is 1.79. The monoisotopic (exact) mass is 352 g/mol. The summed E-state index contributed by atoms with van der Waals surface area (Å²) in [5.41, 5.74) is 3.56. The van der Waals surface area contributed by atoms with Crippen molar-refractivity contribution >= 4 is 23.1 Å². The number of hydrogen-bond donors (Lipinski definition) is 1. The summed E-state index contributed by atoms with van der Waals surface area (Å²) in [7, 11) is 0. The van der Waals surface area contributed by atoms with E-state index in [2.05, 4.69) is 46.1 Å². The number of hydrogen-bond acceptors (Lipinski definition) is 5. The number of fused-ring (bicyclic) bond motifs is 1. The van der Waals surface area contributed by atoms with Crippen LogP contribution in [0.15, 0.2) is 30.3 Å². The molecule has 0 unspecified atom stereocenters. The molecule has 136 valence electrons. The fourth-order valence-corrected chi connectivity index (χ4v) is 3.03. The van der Waals surface area contributed by atoms with Gasteiger partial charge < -0.3 is 10.2 Å². The van der Waals surface area contributed by atoms with Crippen LogP contribution >= 0.6 is 0 Å². The number of nitrogens with zero attached hydrogens (tertiary/aromatic N) is 5. The van der Waals surface area contributed by atoms with Crippen LogP contribution in [0.25, 0.3) is 5.78 Å². The fourth-order valence-electron chi connectivity index (χ4n) is 3.03. The van der Waals surface area contributed by atoms with E-state index < -0.39 is 0 Å². The Morgan fingerprint density at radius 2 is 1.88 bits per heavy atom. The van der Waals surface area contributed by atoms with Crippen molar-refractivity contribution in [3.8, 4) is 0 Å². The predicted molar refractivity (Wildman–Crippen MR) is 103 cm³/mol. The fraction of sp³-hybridized carbons (Fsp3) is 0.368. The number of nitrogens with one attached hydrogen (secondary N) is 1. The zero-order chi connectivity index (χ0) is 18.8. The molecule has 26 heavy (non-hydrogen) atoms. The lowest BCUT2D eigenvalue weighted by molar-refractivity contribution is 0.101. The average molecular weight is 352 g/mol. The van der Waals surface area contributed by atoms with Crippen LogP contribution in [0.3, 0.4) is 0 Å². The second-order valence-corrected chi connectivity index (χ2v) is 6.57. The summed E-state index contributed by atoms with van der Waals surface area (Å²) in [6.45, 7) is 11.2. The van der Waals surface area contributed by atoms with Gasteiger partial charge in [-0.15, -0.1) is 5.10 Å². The molecule has 0 radical (unpaired) electrons. The largest absolute Gasteiger partial charge is 0.369 e. The lowest BCUT2D eigenvalue weighted by Crippen LogP contribution is -2.30. The first kappa shape index (κ1) is 17.8. The molecule has 0 spiro atoms. The summed E-state index contributed by atoms with van der Waals surface area (Å²) in [6, 6.07) is 10.1. The van der Waals surface area contributed by atoms with Crippen molar-refractivity contribution in [3.05, 3.63) is 47.5 Å². The highest BCUT2D eigenvalue weighted by molar-refractivity contribution is 6.01. The van der Waals surface area contributed by atoms with Gasteiger partial charge in [-0.05, 0) is 65.0 Å². The Hall–Kier alpha value is -2.96. The maximum atomic E-state index is 12.5. The summed E-state index contributed by atoms with van der Waals surface area (Å²) in [6.07, 6.45) is 0. The maximum absolute atomic E-state index is 12.5. The second-order valence-electron chi connectivity index (χ2n) is 6.57. The van der Waals surface area contributed by atoms with Gasteiger partial charge in [0.15, 0.2) is 0 Å². The highest BCUT2D eigenvalue weighted by atomic mass is 16.2. The molecule has 1 N–H and O–H groups in total. The number of carbonyl (C=O) groups is 1. The molecule has 0 bridgehead atoms. The minimum absolute atomic E-state index is 0.104. The molecule has 3 aromatic rings. The molecule has 2 heterocycles. The molecule has 0 aliphatic heterocycles. The molecular weight excluding hydrogens is 328 g/mol. The Kier molecular flexibility index (Phi) is 4.88. The van der Waals surface area contributed by atoms with Crippen molar-refractivity contribution in [2.45, 2.75) is 40.7 Å². The molecule has 2 aromatic heterocycles. The van der Waals surface area contributed by atoms with E-state index in [0.717, 1.165) is 23.6 Å². The van der Waals surface area contributed by atoms with Crippen LogP contribution in [-0.4, -0.2) is 38.1 Å². The number of aryl methyl sites for hydroxylation is 2. The quantitative estimate of drug-likeness (QED) is 0.763. The molecule has 3 rings (SSSR count). The highest BCUT2D eigenvalue weighted by Gasteiger charge is 2.15. The Bertz CT molecular complexity index is 929. The zero-order valence-corrected chi connectivity index (χ0v) is 15.8. The van der Waals surface area contributed by atoms with Gasteiger partial charge in [-0.3, -0.25) is 4.79 Å². The van der Waals surface area contributed by atoms with Gasteiger partial charge in [-0.25, -0.2) is 9.50 Å². The third-order valence-electron chi connectivity index (χ3n) is 4.24. The first-order valence-corrected chi connectivity index (χ1v) is 8.78. The van der Waals surface area contributed by atoms with Gasteiger partial charge in [0.05, 0.1) is 0 Å². The molecule has 0 atom stereocenters. The summed E-state index contributed by atoms with van der Waals surface area (Å²) in [5.74, 6) is 0.183. The third-order valence-corrected chi connectivity index (χ3v) is 4.24. The Morgan fingerprint density at radius 3 is 2.50 bits per heavy atom. The minimum atomic E-state index is -0.350. The molecule has 7 nitrogen and oxygen atoms in total. The van der Waals surface area contributed by atoms with E-state index in [0.29, 0.717) is 17.5 Å². The van der Waals surface area contributed by atoms with E-state index in [9.17, 15) is 4.79 Å². The van der Waals surface area contributed by atoms with E-state index >= 15 is 0 Å². The predicted octanol–water partition coefficient (Wildman–Crippen LogP) is 3.23. The summed E-state index contributed by atoms with van der Waals surface area (Å²) in [4.78, 5) is 23.3. The Labute approximate surface area is 153 Å². The van der Waals surface area contributed by atoms with E-state index in [1.807, 2.05) is 44.2 Å². The van der Waals surface area contributed by atoms with Crippen LogP contribution < -0.4 is 10.2 Å². The third kappa shape index (κ3) is 3.51. The van der Waals surface area contributed by atoms with Crippen molar-refractivity contribution in [2.24, 2.45) is 0 Å².